The van der Waals surface area contributed by atoms with Crippen LogP contribution in [0.1, 0.15) is 37.7 Å². The molecule has 1 N–H and O–H groups in total. The molecular formula is C11H16N2O3. The number of aryl methyl sites for hydroxylation is 1. The van der Waals surface area contributed by atoms with E-state index >= 15 is 0 Å². The smallest absolute Gasteiger partial charge is 0.306 e. The molecule has 5 heteroatoms. The van der Waals surface area contributed by atoms with E-state index in [0.717, 1.165) is 5.69 Å². The monoisotopic (exact) mass is 224 g/mol. The molecule has 0 aromatic carbocycles. The largest absolute Gasteiger partial charge is 0.481 e. The van der Waals surface area contributed by atoms with Crippen LogP contribution in [0, 0.1) is 6.92 Å². The van der Waals surface area contributed by atoms with Crippen LogP contribution in [0.3, 0.4) is 0 Å². The second kappa shape index (κ2) is 5.44. The van der Waals surface area contributed by atoms with E-state index in [1.165, 1.54) is 0 Å². The maximum absolute atomic E-state index is 10.3. The minimum absolute atomic E-state index is 0.0277. The van der Waals surface area contributed by atoms with E-state index in [0.29, 0.717) is 17.6 Å². The molecule has 0 aliphatic heterocycles. The molecule has 0 aliphatic rings. The van der Waals surface area contributed by atoms with Crippen LogP contribution in [0.2, 0.25) is 0 Å². The van der Waals surface area contributed by atoms with Crippen molar-refractivity contribution in [2.24, 2.45) is 0 Å². The zero-order valence-corrected chi connectivity index (χ0v) is 9.73. The molecule has 0 spiro atoms. The molecule has 1 rings (SSSR count). The average Bonchev–Trinajstić information content (AvgIpc) is 2.16. The first kappa shape index (κ1) is 12.4. The predicted octanol–water partition coefficient (Wildman–Crippen LogP) is 1.76. The lowest BCUT2D eigenvalue weighted by molar-refractivity contribution is -0.137. The number of hydrogen-bond donors (Lipinski definition) is 1. The maximum Gasteiger partial charge on any atom is 0.306 e. The molecule has 0 radical (unpaired) electrons. The number of aromatic nitrogens is 2. The zero-order chi connectivity index (χ0) is 12.1. The van der Waals surface area contributed by atoms with Crippen molar-refractivity contribution in [2.75, 3.05) is 6.61 Å². The number of carboxylic acids is 1. The van der Waals surface area contributed by atoms with Gasteiger partial charge in [0.25, 0.3) is 0 Å². The number of carbonyl (C=O) groups is 1. The van der Waals surface area contributed by atoms with Crippen molar-refractivity contribution in [1.29, 1.82) is 0 Å². The van der Waals surface area contributed by atoms with Gasteiger partial charge in [0.15, 0.2) is 0 Å². The molecule has 0 bridgehead atoms. The molecule has 0 saturated carbocycles. The molecule has 1 heterocycles. The second-order valence-corrected chi connectivity index (χ2v) is 3.83. The normalized spacial score (nSPS) is 10.5. The summed E-state index contributed by atoms with van der Waals surface area (Å²) in [6, 6.07) is 1.75. The van der Waals surface area contributed by atoms with E-state index in [9.17, 15) is 4.79 Å². The van der Waals surface area contributed by atoms with Crippen molar-refractivity contribution < 1.29 is 14.6 Å². The number of aliphatic carboxylic acids is 1. The molecule has 16 heavy (non-hydrogen) atoms. The fourth-order valence-electron chi connectivity index (χ4n) is 1.17. The van der Waals surface area contributed by atoms with Crippen molar-refractivity contribution in [3.63, 3.8) is 0 Å². The lowest BCUT2D eigenvalue weighted by Gasteiger charge is -2.09. The summed E-state index contributed by atoms with van der Waals surface area (Å²) in [7, 11) is 0. The van der Waals surface area contributed by atoms with Crippen molar-refractivity contribution in [3.8, 4) is 5.88 Å². The van der Waals surface area contributed by atoms with Crippen LogP contribution in [0.5, 0.6) is 5.88 Å². The van der Waals surface area contributed by atoms with Gasteiger partial charge in [0.2, 0.25) is 5.88 Å². The summed E-state index contributed by atoms with van der Waals surface area (Å²) in [5.41, 5.74) is 0.901. The number of carboxylic acid groups (broad SMARTS) is 1. The van der Waals surface area contributed by atoms with Gasteiger partial charge in [-0.05, 0) is 12.8 Å². The van der Waals surface area contributed by atoms with Crippen LogP contribution in [-0.2, 0) is 4.79 Å². The van der Waals surface area contributed by atoms with Gasteiger partial charge >= 0.3 is 5.97 Å². The average molecular weight is 224 g/mol. The summed E-state index contributed by atoms with van der Waals surface area (Å²) in [6.45, 7) is 5.98. The fraction of sp³-hybridized carbons (Fsp3) is 0.545. The van der Waals surface area contributed by atoms with Gasteiger partial charge in [-0.2, -0.15) is 4.98 Å². The molecular weight excluding hydrogens is 208 g/mol. The summed E-state index contributed by atoms with van der Waals surface area (Å²) in [5.74, 6) is 0.493. The highest BCUT2D eigenvalue weighted by molar-refractivity contribution is 5.66. The first-order chi connectivity index (χ1) is 7.49. The fourth-order valence-corrected chi connectivity index (χ4v) is 1.17. The summed E-state index contributed by atoms with van der Waals surface area (Å²) in [5, 5.41) is 8.48. The van der Waals surface area contributed by atoms with Gasteiger partial charge in [-0.15, -0.1) is 0 Å². The number of ether oxygens (including phenoxy) is 1. The first-order valence-electron chi connectivity index (χ1n) is 5.19. The van der Waals surface area contributed by atoms with Gasteiger partial charge in [-0.25, -0.2) is 4.98 Å². The van der Waals surface area contributed by atoms with E-state index in [1.54, 1.807) is 13.0 Å². The zero-order valence-electron chi connectivity index (χ0n) is 9.73. The topological polar surface area (TPSA) is 72.3 Å². The summed E-state index contributed by atoms with van der Waals surface area (Å²) in [4.78, 5) is 18.7. The lowest BCUT2D eigenvalue weighted by atomic mass is 10.1. The molecule has 0 atom stereocenters. The van der Waals surface area contributed by atoms with Gasteiger partial charge in [-0.3, -0.25) is 4.79 Å². The van der Waals surface area contributed by atoms with E-state index < -0.39 is 5.97 Å². The summed E-state index contributed by atoms with van der Waals surface area (Å²) < 4.78 is 5.26. The van der Waals surface area contributed by atoms with Crippen LogP contribution in [0.15, 0.2) is 6.07 Å². The highest BCUT2D eigenvalue weighted by Crippen LogP contribution is 2.16. The first-order valence-corrected chi connectivity index (χ1v) is 5.19. The van der Waals surface area contributed by atoms with Gasteiger partial charge in [-0.1, -0.05) is 13.8 Å². The van der Waals surface area contributed by atoms with Crippen molar-refractivity contribution >= 4 is 5.97 Å². The minimum Gasteiger partial charge on any atom is -0.481 e. The Morgan fingerprint density at radius 1 is 1.50 bits per heavy atom. The third-order valence-corrected chi connectivity index (χ3v) is 1.99. The molecule has 0 fully saturated rings. The molecule has 0 aliphatic carbocycles. The Hall–Kier alpha value is -1.65. The van der Waals surface area contributed by atoms with Crippen molar-refractivity contribution in [3.05, 3.63) is 17.6 Å². The van der Waals surface area contributed by atoms with E-state index in [4.69, 9.17) is 9.84 Å². The Bertz CT molecular complexity index is 377. The Morgan fingerprint density at radius 3 is 2.75 bits per heavy atom. The molecule has 0 amide bonds. The Kier molecular flexibility index (Phi) is 4.22. The number of rotatable bonds is 5. The molecule has 1 aromatic rings. The van der Waals surface area contributed by atoms with Gasteiger partial charge in [0.05, 0.1) is 12.1 Å². The predicted molar refractivity (Wildman–Crippen MR) is 58.6 cm³/mol. The van der Waals surface area contributed by atoms with Gasteiger partial charge in [0.1, 0.15) is 12.4 Å². The second-order valence-electron chi connectivity index (χ2n) is 3.83. The van der Waals surface area contributed by atoms with Crippen molar-refractivity contribution in [1.82, 2.24) is 9.97 Å². The molecule has 0 saturated heterocycles. The Labute approximate surface area is 94.5 Å². The molecule has 5 nitrogen and oxygen atoms in total. The van der Waals surface area contributed by atoms with Crippen LogP contribution >= 0.6 is 0 Å². The van der Waals surface area contributed by atoms with E-state index in [-0.39, 0.29) is 13.0 Å². The quantitative estimate of drug-likeness (QED) is 0.825. The highest BCUT2D eigenvalue weighted by Gasteiger charge is 2.06. The van der Waals surface area contributed by atoms with Gasteiger partial charge in [0, 0.05) is 6.07 Å². The maximum atomic E-state index is 10.3. The standard InChI is InChI=1S/C11H16N2O3/c1-7(2)9-6-10(13-8(3)12-9)16-5-4-11(14)15/h6-7H,4-5H2,1-3H3,(H,14,15). The van der Waals surface area contributed by atoms with E-state index in [1.807, 2.05) is 13.8 Å². The summed E-state index contributed by atoms with van der Waals surface area (Å²) in [6.07, 6.45) is -0.0277. The van der Waals surface area contributed by atoms with Crippen LogP contribution < -0.4 is 4.74 Å². The third-order valence-electron chi connectivity index (χ3n) is 1.99. The number of hydrogen-bond acceptors (Lipinski definition) is 4. The Morgan fingerprint density at radius 2 is 2.19 bits per heavy atom. The molecule has 0 unspecified atom stereocenters. The molecule has 1 aromatic heterocycles. The summed E-state index contributed by atoms with van der Waals surface area (Å²) >= 11 is 0. The highest BCUT2D eigenvalue weighted by atomic mass is 16.5. The molecule has 88 valence electrons. The van der Waals surface area contributed by atoms with E-state index in [2.05, 4.69) is 9.97 Å². The van der Waals surface area contributed by atoms with Gasteiger partial charge < -0.3 is 9.84 Å². The van der Waals surface area contributed by atoms with Crippen molar-refractivity contribution in [2.45, 2.75) is 33.1 Å². The number of nitrogens with zero attached hydrogens (tertiary/aromatic N) is 2. The van der Waals surface area contributed by atoms with Crippen LogP contribution in [0.25, 0.3) is 0 Å². The minimum atomic E-state index is -0.880. The van der Waals surface area contributed by atoms with Crippen LogP contribution in [-0.4, -0.2) is 27.7 Å². The Balaban J connectivity index is 2.69. The third kappa shape index (κ3) is 3.84. The SMILES string of the molecule is Cc1nc(OCCC(=O)O)cc(C(C)C)n1. The van der Waals surface area contributed by atoms with Crippen LogP contribution in [0.4, 0.5) is 0 Å². The lowest BCUT2D eigenvalue weighted by Crippen LogP contribution is -2.07.